The summed E-state index contributed by atoms with van der Waals surface area (Å²) in [5.41, 5.74) is 1.95. The summed E-state index contributed by atoms with van der Waals surface area (Å²) >= 11 is 0. The zero-order chi connectivity index (χ0) is 18.8. The van der Waals surface area contributed by atoms with E-state index in [-0.39, 0.29) is 18.5 Å². The molecule has 0 saturated heterocycles. The highest BCUT2D eigenvalue weighted by Crippen LogP contribution is 2.18. The first-order chi connectivity index (χ1) is 12.6. The van der Waals surface area contributed by atoms with Gasteiger partial charge in [0, 0.05) is 17.8 Å². The smallest absolute Gasteiger partial charge is 0.238 e. The van der Waals surface area contributed by atoms with Crippen LogP contribution in [0.3, 0.4) is 0 Å². The minimum Gasteiger partial charge on any atom is -0.494 e. The molecule has 26 heavy (non-hydrogen) atoms. The lowest BCUT2D eigenvalue weighted by atomic mass is 10.0. The van der Waals surface area contributed by atoms with Crippen molar-refractivity contribution in [3.63, 3.8) is 0 Å². The molecule has 0 aliphatic carbocycles. The quantitative estimate of drug-likeness (QED) is 0.645. The van der Waals surface area contributed by atoms with E-state index in [9.17, 15) is 4.79 Å². The molecule has 0 aliphatic rings. The van der Waals surface area contributed by atoms with E-state index in [1.165, 1.54) is 5.56 Å². The lowest BCUT2D eigenvalue weighted by Crippen LogP contribution is -2.31. The maximum absolute atomic E-state index is 12.3. The number of anilines is 1. The van der Waals surface area contributed by atoms with E-state index < -0.39 is 0 Å². The first-order valence-corrected chi connectivity index (χ1v) is 9.39. The van der Waals surface area contributed by atoms with Gasteiger partial charge in [-0.15, -0.1) is 0 Å². The van der Waals surface area contributed by atoms with Crippen molar-refractivity contribution in [2.75, 3.05) is 18.5 Å². The molecule has 1 atom stereocenters. The monoisotopic (exact) mass is 354 g/mol. The molecule has 0 saturated carbocycles. The number of hydrogen-bond acceptors (Lipinski definition) is 3. The van der Waals surface area contributed by atoms with Crippen molar-refractivity contribution < 1.29 is 9.53 Å². The van der Waals surface area contributed by atoms with Gasteiger partial charge in [-0.25, -0.2) is 0 Å². The van der Waals surface area contributed by atoms with Crippen LogP contribution < -0.4 is 15.4 Å². The summed E-state index contributed by atoms with van der Waals surface area (Å²) in [5, 5.41) is 6.25. The zero-order valence-corrected chi connectivity index (χ0v) is 16.0. The first-order valence-electron chi connectivity index (χ1n) is 9.39. The molecule has 1 unspecified atom stereocenters. The molecule has 0 fully saturated rings. The van der Waals surface area contributed by atoms with Crippen molar-refractivity contribution in [2.45, 2.75) is 39.7 Å². The van der Waals surface area contributed by atoms with E-state index in [0.717, 1.165) is 24.3 Å². The van der Waals surface area contributed by atoms with Crippen molar-refractivity contribution in [1.82, 2.24) is 5.32 Å². The molecule has 0 aliphatic heterocycles. The Balaban J connectivity index is 1.83. The fourth-order valence-corrected chi connectivity index (χ4v) is 2.68. The Kier molecular flexibility index (Phi) is 8.16. The Morgan fingerprint density at radius 2 is 1.85 bits per heavy atom. The Hall–Kier alpha value is -2.33. The fourth-order valence-electron chi connectivity index (χ4n) is 2.68. The van der Waals surface area contributed by atoms with Crippen LogP contribution in [0.25, 0.3) is 0 Å². The van der Waals surface area contributed by atoms with Crippen molar-refractivity contribution in [1.29, 1.82) is 0 Å². The highest BCUT2D eigenvalue weighted by Gasteiger charge is 2.10. The molecule has 2 aromatic rings. The molecule has 0 heterocycles. The second-order valence-corrected chi connectivity index (χ2v) is 6.86. The van der Waals surface area contributed by atoms with Gasteiger partial charge in [0.2, 0.25) is 5.91 Å². The molecule has 4 heteroatoms. The van der Waals surface area contributed by atoms with Crippen LogP contribution in [0, 0.1) is 5.92 Å². The van der Waals surface area contributed by atoms with Crippen LogP contribution >= 0.6 is 0 Å². The minimum absolute atomic E-state index is 0.0567. The molecule has 140 valence electrons. The molecule has 2 N–H and O–H groups in total. The molecule has 1 amide bonds. The molecule has 0 bridgehead atoms. The lowest BCUT2D eigenvalue weighted by Gasteiger charge is -2.17. The molecular formula is C22H30N2O2. The number of hydrogen-bond donors (Lipinski definition) is 2. The van der Waals surface area contributed by atoms with Crippen molar-refractivity contribution in [3.8, 4) is 5.75 Å². The molecule has 4 nitrogen and oxygen atoms in total. The summed E-state index contributed by atoms with van der Waals surface area (Å²) in [4.78, 5) is 12.3. The number of amides is 1. The average molecular weight is 354 g/mol. The highest BCUT2D eigenvalue weighted by atomic mass is 16.5. The van der Waals surface area contributed by atoms with Crippen molar-refractivity contribution in [2.24, 2.45) is 5.92 Å². The number of nitrogens with one attached hydrogen (secondary N) is 2. The van der Waals surface area contributed by atoms with E-state index in [0.29, 0.717) is 12.5 Å². The van der Waals surface area contributed by atoms with Gasteiger partial charge in [0.05, 0.1) is 13.2 Å². The minimum atomic E-state index is -0.0567. The van der Waals surface area contributed by atoms with Gasteiger partial charge >= 0.3 is 0 Å². The number of carbonyl (C=O) groups is 1. The molecule has 0 aromatic heterocycles. The van der Waals surface area contributed by atoms with E-state index in [1.807, 2.05) is 42.5 Å². The maximum Gasteiger partial charge on any atom is 0.238 e. The summed E-state index contributed by atoms with van der Waals surface area (Å²) in [6.45, 7) is 7.41. The van der Waals surface area contributed by atoms with E-state index >= 15 is 0 Å². The molecular weight excluding hydrogens is 324 g/mol. The summed E-state index contributed by atoms with van der Waals surface area (Å²) < 4.78 is 5.75. The van der Waals surface area contributed by atoms with Crippen LogP contribution in [0.5, 0.6) is 5.75 Å². The van der Waals surface area contributed by atoms with Crippen molar-refractivity contribution >= 4 is 11.6 Å². The summed E-state index contributed by atoms with van der Waals surface area (Å²) in [5.74, 6) is 1.34. The number of benzene rings is 2. The standard InChI is InChI=1S/C22H30N2O2/c1-4-21(18-9-6-5-7-10-18)23-16-22(25)24-19-11-8-12-20(15-19)26-14-13-17(2)3/h5-12,15,17,21,23H,4,13-14,16H2,1-3H3,(H,24,25). The Bertz CT molecular complexity index is 671. The Morgan fingerprint density at radius 1 is 1.08 bits per heavy atom. The van der Waals surface area contributed by atoms with Crippen molar-refractivity contribution in [3.05, 3.63) is 60.2 Å². The van der Waals surface area contributed by atoms with Gasteiger partial charge < -0.3 is 15.4 Å². The predicted molar refractivity (Wildman–Crippen MR) is 107 cm³/mol. The second kappa shape index (κ2) is 10.6. The highest BCUT2D eigenvalue weighted by molar-refractivity contribution is 5.92. The third kappa shape index (κ3) is 6.89. The van der Waals surface area contributed by atoms with E-state index in [1.54, 1.807) is 0 Å². The van der Waals surface area contributed by atoms with Crippen LogP contribution in [0.15, 0.2) is 54.6 Å². The number of carbonyl (C=O) groups excluding carboxylic acids is 1. The molecule has 2 rings (SSSR count). The van der Waals surface area contributed by atoms with Gasteiger partial charge in [-0.3, -0.25) is 4.79 Å². The van der Waals surface area contributed by atoms with Crippen LogP contribution in [-0.2, 0) is 4.79 Å². The Morgan fingerprint density at radius 3 is 2.54 bits per heavy atom. The Labute approximate surface area is 157 Å². The van der Waals surface area contributed by atoms with Crippen LogP contribution in [-0.4, -0.2) is 19.1 Å². The normalized spacial score (nSPS) is 12.0. The zero-order valence-electron chi connectivity index (χ0n) is 16.0. The largest absolute Gasteiger partial charge is 0.494 e. The van der Waals surface area contributed by atoms with Gasteiger partial charge in [-0.2, -0.15) is 0 Å². The summed E-state index contributed by atoms with van der Waals surface area (Å²) in [6, 6.07) is 17.9. The van der Waals surface area contributed by atoms with Crippen LogP contribution in [0.4, 0.5) is 5.69 Å². The number of ether oxygens (including phenoxy) is 1. The van der Waals surface area contributed by atoms with E-state index in [4.69, 9.17) is 4.74 Å². The maximum atomic E-state index is 12.3. The van der Waals surface area contributed by atoms with Crippen LogP contribution in [0.2, 0.25) is 0 Å². The number of rotatable bonds is 10. The van der Waals surface area contributed by atoms with Crippen LogP contribution in [0.1, 0.15) is 45.2 Å². The predicted octanol–water partition coefficient (Wildman–Crippen LogP) is 4.79. The SMILES string of the molecule is CCC(NCC(=O)Nc1cccc(OCCC(C)C)c1)c1ccccc1. The lowest BCUT2D eigenvalue weighted by molar-refractivity contribution is -0.115. The summed E-state index contributed by atoms with van der Waals surface area (Å²) in [7, 11) is 0. The molecule has 2 aromatic carbocycles. The topological polar surface area (TPSA) is 50.4 Å². The van der Waals surface area contributed by atoms with Gasteiger partial charge in [-0.05, 0) is 36.5 Å². The van der Waals surface area contributed by atoms with Gasteiger partial charge in [0.15, 0.2) is 0 Å². The van der Waals surface area contributed by atoms with Gasteiger partial charge in [0.25, 0.3) is 0 Å². The van der Waals surface area contributed by atoms with E-state index in [2.05, 4.69) is 43.5 Å². The second-order valence-electron chi connectivity index (χ2n) is 6.86. The average Bonchev–Trinajstić information content (AvgIpc) is 2.63. The fraction of sp³-hybridized carbons (Fsp3) is 0.409. The van der Waals surface area contributed by atoms with Gasteiger partial charge in [0.1, 0.15) is 5.75 Å². The third-order valence-corrected chi connectivity index (χ3v) is 4.20. The third-order valence-electron chi connectivity index (χ3n) is 4.20. The summed E-state index contributed by atoms with van der Waals surface area (Å²) in [6.07, 6.45) is 1.94. The first kappa shape index (κ1) is 20.0. The van der Waals surface area contributed by atoms with Gasteiger partial charge in [-0.1, -0.05) is 57.2 Å². The molecule has 0 radical (unpaired) electrons. The molecule has 0 spiro atoms.